The summed E-state index contributed by atoms with van der Waals surface area (Å²) in [5, 5.41) is 3.13. The predicted octanol–water partition coefficient (Wildman–Crippen LogP) is 2.50. The van der Waals surface area contributed by atoms with Gasteiger partial charge in [0.25, 0.3) is 5.91 Å². The average molecular weight is 306 g/mol. The molecule has 0 spiro atoms. The number of carbonyl (C=O) groups is 2. The lowest BCUT2D eigenvalue weighted by atomic mass is 9.91. The van der Waals surface area contributed by atoms with E-state index in [0.717, 1.165) is 11.1 Å². The molecule has 2 heterocycles. The van der Waals surface area contributed by atoms with Gasteiger partial charge in [-0.05, 0) is 12.0 Å². The Morgan fingerprint density at radius 1 is 1.00 bits per heavy atom. The minimum Gasteiger partial charge on any atom is -0.324 e. The molecule has 0 aromatic heterocycles. The van der Waals surface area contributed by atoms with Crippen molar-refractivity contribution in [3.63, 3.8) is 0 Å². The van der Waals surface area contributed by atoms with Crippen LogP contribution in [0.3, 0.4) is 0 Å². The summed E-state index contributed by atoms with van der Waals surface area (Å²) in [6.07, 6.45) is 0. The van der Waals surface area contributed by atoms with Crippen molar-refractivity contribution in [1.82, 2.24) is 10.2 Å². The fourth-order valence-corrected chi connectivity index (χ4v) is 3.88. The van der Waals surface area contributed by atoms with E-state index in [0.29, 0.717) is 5.56 Å². The predicted molar refractivity (Wildman–Crippen MR) is 86.6 cm³/mol. The first-order valence-electron chi connectivity index (χ1n) is 7.88. The molecule has 0 saturated carbocycles. The molecule has 0 bridgehead atoms. The number of rotatable bonds is 2. The van der Waals surface area contributed by atoms with Crippen LogP contribution in [0.4, 0.5) is 0 Å². The van der Waals surface area contributed by atoms with Gasteiger partial charge in [0.05, 0.1) is 0 Å². The van der Waals surface area contributed by atoms with Crippen molar-refractivity contribution in [1.29, 1.82) is 0 Å². The lowest BCUT2D eigenvalue weighted by Crippen LogP contribution is -2.49. The van der Waals surface area contributed by atoms with Crippen LogP contribution in [0.1, 0.15) is 35.3 Å². The van der Waals surface area contributed by atoms with Crippen LogP contribution in [0, 0.1) is 5.92 Å². The molecule has 0 radical (unpaired) electrons. The van der Waals surface area contributed by atoms with Crippen molar-refractivity contribution in [2.45, 2.75) is 25.6 Å². The van der Waals surface area contributed by atoms with Gasteiger partial charge in [-0.1, -0.05) is 62.4 Å². The topological polar surface area (TPSA) is 49.4 Å². The molecule has 2 atom stereocenters. The third-order valence-corrected chi connectivity index (χ3v) is 4.80. The first-order valence-corrected chi connectivity index (χ1v) is 7.88. The van der Waals surface area contributed by atoms with E-state index >= 15 is 0 Å². The molecule has 1 saturated heterocycles. The molecular formula is C19H18N2O2. The first-order chi connectivity index (χ1) is 11.1. The van der Waals surface area contributed by atoms with E-state index in [1.807, 2.05) is 68.4 Å². The van der Waals surface area contributed by atoms with E-state index < -0.39 is 11.7 Å². The summed E-state index contributed by atoms with van der Waals surface area (Å²) in [5.74, 6) is -0.132. The molecular weight excluding hydrogens is 288 g/mol. The monoisotopic (exact) mass is 306 g/mol. The zero-order valence-corrected chi connectivity index (χ0v) is 13.1. The van der Waals surface area contributed by atoms with Gasteiger partial charge in [-0.15, -0.1) is 0 Å². The molecule has 2 amide bonds. The van der Waals surface area contributed by atoms with Gasteiger partial charge in [-0.2, -0.15) is 0 Å². The minimum absolute atomic E-state index is 0.0406. The normalized spacial score (nSPS) is 25.5. The average Bonchev–Trinajstić information content (AvgIpc) is 3.00. The smallest absolute Gasteiger partial charge is 0.257 e. The molecule has 116 valence electrons. The molecule has 1 N–H and O–H groups in total. The van der Waals surface area contributed by atoms with Crippen molar-refractivity contribution in [2.75, 3.05) is 0 Å². The highest BCUT2D eigenvalue weighted by Gasteiger charge is 2.61. The summed E-state index contributed by atoms with van der Waals surface area (Å²) >= 11 is 0. The maximum atomic E-state index is 13.1. The second-order valence-electron chi connectivity index (χ2n) is 6.48. The summed E-state index contributed by atoms with van der Waals surface area (Å²) in [6, 6.07) is 16.8. The van der Waals surface area contributed by atoms with Gasteiger partial charge in [0, 0.05) is 16.7 Å². The summed E-state index contributed by atoms with van der Waals surface area (Å²) in [6.45, 7) is 3.95. The first kappa shape index (κ1) is 14.0. The van der Waals surface area contributed by atoms with Gasteiger partial charge in [0.2, 0.25) is 5.91 Å². The van der Waals surface area contributed by atoms with Crippen LogP contribution in [0.15, 0.2) is 54.6 Å². The highest BCUT2D eigenvalue weighted by molar-refractivity contribution is 6.06. The molecule has 2 aliphatic rings. The van der Waals surface area contributed by atoms with Gasteiger partial charge in [-0.3, -0.25) is 14.5 Å². The van der Waals surface area contributed by atoms with Gasteiger partial charge in [0.1, 0.15) is 6.04 Å². The number of nitrogens with one attached hydrogen (secondary N) is 1. The Morgan fingerprint density at radius 3 is 2.35 bits per heavy atom. The largest absolute Gasteiger partial charge is 0.324 e. The van der Waals surface area contributed by atoms with Crippen LogP contribution in [-0.4, -0.2) is 22.8 Å². The number of nitrogens with zero attached hydrogens (tertiary/aromatic N) is 1. The third-order valence-electron chi connectivity index (χ3n) is 4.80. The van der Waals surface area contributed by atoms with Crippen LogP contribution >= 0.6 is 0 Å². The summed E-state index contributed by atoms with van der Waals surface area (Å²) < 4.78 is 0. The number of fused-ring (bicyclic) bond motifs is 3. The Labute approximate surface area is 135 Å². The number of amides is 2. The minimum atomic E-state index is -0.888. The van der Waals surface area contributed by atoms with Crippen LogP contribution in [0.2, 0.25) is 0 Å². The summed E-state index contributed by atoms with van der Waals surface area (Å²) in [4.78, 5) is 27.4. The maximum Gasteiger partial charge on any atom is 0.257 e. The Kier molecular flexibility index (Phi) is 2.85. The second-order valence-corrected chi connectivity index (χ2v) is 6.48. The van der Waals surface area contributed by atoms with Crippen molar-refractivity contribution >= 4 is 11.8 Å². The van der Waals surface area contributed by atoms with Crippen LogP contribution in [-0.2, 0) is 10.5 Å². The van der Waals surface area contributed by atoms with E-state index in [2.05, 4.69) is 5.32 Å². The molecule has 0 aliphatic carbocycles. The number of carbonyl (C=O) groups excluding carboxylic acids is 2. The second kappa shape index (κ2) is 4.69. The molecule has 2 aromatic rings. The highest BCUT2D eigenvalue weighted by atomic mass is 16.2. The van der Waals surface area contributed by atoms with Gasteiger partial charge >= 0.3 is 0 Å². The Morgan fingerprint density at radius 2 is 1.65 bits per heavy atom. The van der Waals surface area contributed by atoms with Crippen LogP contribution < -0.4 is 5.32 Å². The zero-order chi connectivity index (χ0) is 16.2. The van der Waals surface area contributed by atoms with Crippen LogP contribution in [0.5, 0.6) is 0 Å². The summed E-state index contributed by atoms with van der Waals surface area (Å²) in [7, 11) is 0. The molecule has 2 aliphatic heterocycles. The van der Waals surface area contributed by atoms with Gasteiger partial charge < -0.3 is 5.32 Å². The molecule has 1 fully saturated rings. The molecule has 4 nitrogen and oxygen atoms in total. The van der Waals surface area contributed by atoms with Crippen molar-refractivity contribution in [3.8, 4) is 0 Å². The lowest BCUT2D eigenvalue weighted by Gasteiger charge is -2.35. The van der Waals surface area contributed by atoms with Crippen molar-refractivity contribution in [2.24, 2.45) is 5.92 Å². The lowest BCUT2D eigenvalue weighted by molar-refractivity contribution is -0.122. The van der Waals surface area contributed by atoms with Crippen molar-refractivity contribution in [3.05, 3.63) is 71.3 Å². The van der Waals surface area contributed by atoms with E-state index in [1.165, 1.54) is 0 Å². The van der Waals surface area contributed by atoms with Gasteiger partial charge in [0.15, 0.2) is 5.66 Å². The number of hydrogen-bond acceptors (Lipinski definition) is 2. The maximum absolute atomic E-state index is 13.1. The van der Waals surface area contributed by atoms with Crippen LogP contribution in [0.25, 0.3) is 0 Å². The quantitative estimate of drug-likeness (QED) is 0.927. The Balaban J connectivity index is 2.03. The Hall–Kier alpha value is -2.62. The van der Waals surface area contributed by atoms with E-state index in [4.69, 9.17) is 0 Å². The Bertz CT molecular complexity index is 800. The standard InChI is InChI=1S/C19H18N2O2/c1-12(2)16-17(22)20-19(13-8-4-3-5-9-13)15-11-7-6-10-14(15)18(23)21(16)19/h3-12,16H,1-2H3,(H,20,22). The molecule has 4 rings (SSSR count). The summed E-state index contributed by atoms with van der Waals surface area (Å²) in [5.41, 5.74) is 1.55. The van der Waals surface area contributed by atoms with E-state index in [9.17, 15) is 9.59 Å². The SMILES string of the molecule is CC(C)C1C(=O)NC2(c3ccccc3)c3ccccc3C(=O)N12. The van der Waals surface area contributed by atoms with E-state index in [-0.39, 0.29) is 17.7 Å². The third kappa shape index (κ3) is 1.66. The van der Waals surface area contributed by atoms with Gasteiger partial charge in [-0.25, -0.2) is 0 Å². The molecule has 23 heavy (non-hydrogen) atoms. The fraction of sp³-hybridized carbons (Fsp3) is 0.263. The van der Waals surface area contributed by atoms with E-state index in [1.54, 1.807) is 4.90 Å². The van der Waals surface area contributed by atoms with Crippen molar-refractivity contribution < 1.29 is 9.59 Å². The molecule has 2 aromatic carbocycles. The number of hydrogen-bond donors (Lipinski definition) is 1. The zero-order valence-electron chi connectivity index (χ0n) is 13.1. The fourth-order valence-electron chi connectivity index (χ4n) is 3.88. The molecule has 4 heteroatoms. The molecule has 2 unspecified atom stereocenters. The highest BCUT2D eigenvalue weighted by Crippen LogP contribution is 2.47. The number of benzene rings is 2.